The molecule has 1 aliphatic rings. The van der Waals surface area contributed by atoms with Crippen molar-refractivity contribution < 1.29 is 19.1 Å². The molecule has 2 aromatic rings. The lowest BCUT2D eigenvalue weighted by Crippen LogP contribution is -2.46. The molecule has 0 radical (unpaired) electrons. The number of piperazine rings is 1. The first-order chi connectivity index (χ1) is 16.1. The highest BCUT2D eigenvalue weighted by Gasteiger charge is 2.15. The molecule has 10 nitrogen and oxygen atoms in total. The molecule has 1 saturated heterocycles. The maximum atomic E-state index is 12.3. The van der Waals surface area contributed by atoms with Gasteiger partial charge in [-0.3, -0.25) is 9.59 Å². The number of nitrogens with zero attached hydrogens (tertiary/aromatic N) is 4. The quantitative estimate of drug-likeness (QED) is 0.443. The van der Waals surface area contributed by atoms with Crippen molar-refractivity contribution in [3.8, 4) is 5.75 Å². The second-order valence-electron chi connectivity index (χ2n) is 7.66. The summed E-state index contributed by atoms with van der Waals surface area (Å²) >= 11 is 1.13. The first kappa shape index (κ1) is 25.0. The number of methoxy groups -OCH3 is 1. The van der Waals surface area contributed by atoms with Crippen molar-refractivity contribution in [2.24, 2.45) is 0 Å². The zero-order chi connectivity index (χ0) is 23.5. The molecule has 1 fully saturated rings. The minimum Gasteiger partial charge on any atom is -0.497 e. The number of ether oxygens (including phenoxy) is 2. The zero-order valence-electron chi connectivity index (χ0n) is 19.2. The van der Waals surface area contributed by atoms with Crippen LogP contribution in [0.5, 0.6) is 5.75 Å². The molecule has 3 rings (SSSR count). The summed E-state index contributed by atoms with van der Waals surface area (Å²) in [6.45, 7) is 9.41. The van der Waals surface area contributed by atoms with E-state index in [9.17, 15) is 9.59 Å². The second kappa shape index (κ2) is 13.2. The molecule has 1 aromatic carbocycles. The zero-order valence-corrected chi connectivity index (χ0v) is 20.0. The number of aromatic nitrogens is 2. The van der Waals surface area contributed by atoms with Gasteiger partial charge in [-0.15, -0.1) is 10.2 Å². The maximum absolute atomic E-state index is 12.3. The molecule has 180 valence electrons. The Labute approximate surface area is 198 Å². The van der Waals surface area contributed by atoms with Crippen LogP contribution in [0.15, 0.2) is 24.3 Å². The normalized spacial score (nSPS) is 14.7. The van der Waals surface area contributed by atoms with Gasteiger partial charge in [0.1, 0.15) is 24.0 Å². The molecule has 0 atom stereocenters. The lowest BCUT2D eigenvalue weighted by atomic mass is 10.3. The minimum absolute atomic E-state index is 0.0534. The SMILES string of the molecule is CCN1CCN(CCCNC(=O)COCc2nnc(C(=O)Nc3ccc(OC)cc3)s2)CC1. The van der Waals surface area contributed by atoms with Gasteiger partial charge in [0.2, 0.25) is 10.9 Å². The van der Waals surface area contributed by atoms with E-state index in [2.05, 4.69) is 37.6 Å². The van der Waals surface area contributed by atoms with E-state index in [0.717, 1.165) is 57.0 Å². The Bertz CT molecular complexity index is 883. The third-order valence-corrected chi connectivity index (χ3v) is 6.25. The summed E-state index contributed by atoms with van der Waals surface area (Å²) in [4.78, 5) is 29.2. The van der Waals surface area contributed by atoms with Crippen LogP contribution in [0.3, 0.4) is 0 Å². The summed E-state index contributed by atoms with van der Waals surface area (Å²) in [6, 6.07) is 7.00. The number of benzene rings is 1. The van der Waals surface area contributed by atoms with Crippen LogP contribution in [-0.4, -0.2) is 91.3 Å². The molecule has 1 aromatic heterocycles. The number of amides is 2. The number of hydrogen-bond donors (Lipinski definition) is 2. The van der Waals surface area contributed by atoms with Crippen LogP contribution >= 0.6 is 11.3 Å². The number of carbonyl (C=O) groups is 2. The van der Waals surface area contributed by atoms with Crippen molar-refractivity contribution >= 4 is 28.8 Å². The van der Waals surface area contributed by atoms with Gasteiger partial charge in [0.05, 0.1) is 7.11 Å². The third kappa shape index (κ3) is 8.35. The predicted molar refractivity (Wildman–Crippen MR) is 127 cm³/mol. The van der Waals surface area contributed by atoms with Gasteiger partial charge in [0, 0.05) is 38.4 Å². The van der Waals surface area contributed by atoms with Crippen LogP contribution in [0.25, 0.3) is 0 Å². The van der Waals surface area contributed by atoms with Gasteiger partial charge >= 0.3 is 0 Å². The smallest absolute Gasteiger partial charge is 0.286 e. The topological polar surface area (TPSA) is 109 Å². The van der Waals surface area contributed by atoms with Gasteiger partial charge in [-0.2, -0.15) is 0 Å². The Morgan fingerprint density at radius 1 is 1.09 bits per heavy atom. The number of likely N-dealkylation sites (N-methyl/N-ethyl adjacent to an activating group) is 1. The van der Waals surface area contributed by atoms with E-state index < -0.39 is 0 Å². The van der Waals surface area contributed by atoms with Crippen LogP contribution in [0.1, 0.15) is 28.2 Å². The van der Waals surface area contributed by atoms with Crippen LogP contribution in [-0.2, 0) is 16.1 Å². The van der Waals surface area contributed by atoms with E-state index in [1.54, 1.807) is 31.4 Å². The standard InChI is InChI=1S/C22H32N6O4S/c1-3-27-11-13-28(14-12-27)10-4-9-23-19(29)15-32-16-20-25-26-22(33-20)21(30)24-17-5-7-18(31-2)8-6-17/h5-8H,3-4,9-16H2,1-2H3,(H,23,29)(H,24,30). The Balaban J connectivity index is 1.28. The maximum Gasteiger partial charge on any atom is 0.286 e. The number of nitrogens with one attached hydrogen (secondary N) is 2. The van der Waals surface area contributed by atoms with Crippen molar-refractivity contribution in [2.45, 2.75) is 20.0 Å². The number of rotatable bonds is 12. The molecule has 0 aliphatic carbocycles. The van der Waals surface area contributed by atoms with Gasteiger partial charge in [-0.25, -0.2) is 0 Å². The van der Waals surface area contributed by atoms with Gasteiger partial charge < -0.3 is 29.9 Å². The Hall–Kier alpha value is -2.60. The van der Waals surface area contributed by atoms with E-state index in [1.165, 1.54) is 0 Å². The number of anilines is 1. The average molecular weight is 477 g/mol. The molecule has 0 saturated carbocycles. The molecule has 33 heavy (non-hydrogen) atoms. The summed E-state index contributed by atoms with van der Waals surface area (Å²) in [6.07, 6.45) is 0.918. The highest BCUT2D eigenvalue weighted by Crippen LogP contribution is 2.17. The molecule has 2 heterocycles. The van der Waals surface area contributed by atoms with Crippen molar-refractivity contribution in [3.63, 3.8) is 0 Å². The van der Waals surface area contributed by atoms with Gasteiger partial charge in [0.25, 0.3) is 5.91 Å². The lowest BCUT2D eigenvalue weighted by Gasteiger charge is -2.33. The minimum atomic E-state index is -0.349. The largest absolute Gasteiger partial charge is 0.497 e. The fourth-order valence-corrected chi connectivity index (χ4v) is 4.08. The van der Waals surface area contributed by atoms with E-state index in [4.69, 9.17) is 9.47 Å². The first-order valence-electron chi connectivity index (χ1n) is 11.1. The lowest BCUT2D eigenvalue weighted by molar-refractivity contribution is -0.126. The van der Waals surface area contributed by atoms with Gasteiger partial charge in [-0.05, 0) is 43.8 Å². The second-order valence-corrected chi connectivity index (χ2v) is 8.72. The summed E-state index contributed by atoms with van der Waals surface area (Å²) in [7, 11) is 1.58. The summed E-state index contributed by atoms with van der Waals surface area (Å²) in [5.41, 5.74) is 0.633. The van der Waals surface area contributed by atoms with Gasteiger partial charge in [0.15, 0.2) is 0 Å². The van der Waals surface area contributed by atoms with E-state index in [-0.39, 0.29) is 30.0 Å². The molecule has 1 aliphatic heterocycles. The van der Waals surface area contributed by atoms with E-state index >= 15 is 0 Å². The van der Waals surface area contributed by atoms with Crippen molar-refractivity contribution in [2.75, 3.05) is 64.8 Å². The average Bonchev–Trinajstić information content (AvgIpc) is 3.32. The van der Waals surface area contributed by atoms with Gasteiger partial charge in [-0.1, -0.05) is 18.3 Å². The summed E-state index contributed by atoms with van der Waals surface area (Å²) < 4.78 is 10.5. The first-order valence-corrected chi connectivity index (χ1v) is 12.0. The molecular weight excluding hydrogens is 444 g/mol. The summed E-state index contributed by atoms with van der Waals surface area (Å²) in [5.74, 6) is 0.198. The molecule has 0 unspecified atom stereocenters. The number of hydrogen-bond acceptors (Lipinski definition) is 9. The molecule has 2 amide bonds. The molecule has 0 bridgehead atoms. The monoisotopic (exact) mass is 476 g/mol. The Kier molecular flexibility index (Phi) is 10.0. The third-order valence-electron chi connectivity index (χ3n) is 5.35. The summed E-state index contributed by atoms with van der Waals surface area (Å²) in [5, 5.41) is 14.3. The predicted octanol–water partition coefficient (Wildman–Crippen LogP) is 1.46. The Morgan fingerprint density at radius 2 is 1.82 bits per heavy atom. The molecular formula is C22H32N6O4S. The molecule has 2 N–H and O–H groups in total. The molecule has 0 spiro atoms. The highest BCUT2D eigenvalue weighted by atomic mass is 32.1. The highest BCUT2D eigenvalue weighted by molar-refractivity contribution is 7.13. The van der Waals surface area contributed by atoms with Crippen molar-refractivity contribution in [1.82, 2.24) is 25.3 Å². The van der Waals surface area contributed by atoms with Crippen LogP contribution in [0.2, 0.25) is 0 Å². The van der Waals surface area contributed by atoms with Crippen LogP contribution in [0.4, 0.5) is 5.69 Å². The fourth-order valence-electron chi connectivity index (χ4n) is 3.40. The van der Waals surface area contributed by atoms with E-state index in [0.29, 0.717) is 23.0 Å². The van der Waals surface area contributed by atoms with Crippen molar-refractivity contribution in [1.29, 1.82) is 0 Å². The van der Waals surface area contributed by atoms with Crippen LogP contribution in [0, 0.1) is 0 Å². The number of carbonyl (C=O) groups excluding carboxylic acids is 2. The van der Waals surface area contributed by atoms with Crippen molar-refractivity contribution in [3.05, 3.63) is 34.3 Å². The Morgan fingerprint density at radius 3 is 2.52 bits per heavy atom. The van der Waals surface area contributed by atoms with Crippen LogP contribution < -0.4 is 15.4 Å². The van der Waals surface area contributed by atoms with E-state index in [1.807, 2.05) is 0 Å². The fraction of sp³-hybridized carbons (Fsp3) is 0.545. The molecule has 11 heteroatoms.